The second kappa shape index (κ2) is 3.78. The van der Waals surface area contributed by atoms with Crippen LogP contribution in [0.15, 0.2) is 0 Å². The third-order valence-corrected chi connectivity index (χ3v) is 3.78. The summed E-state index contributed by atoms with van der Waals surface area (Å²) in [6.45, 7) is 6.00. The standard InChI is InChI=1S/C11H22N/c1-2-5-9-12(8-4-1)10-6-3-7-11-12/h1-11H2/q+1. The van der Waals surface area contributed by atoms with E-state index < -0.39 is 0 Å². The van der Waals surface area contributed by atoms with Crippen molar-refractivity contribution in [3.8, 4) is 0 Å². The second-order valence-corrected chi connectivity index (χ2v) is 4.71. The van der Waals surface area contributed by atoms with E-state index in [4.69, 9.17) is 0 Å². The van der Waals surface area contributed by atoms with Gasteiger partial charge in [-0.25, -0.2) is 0 Å². The van der Waals surface area contributed by atoms with Crippen molar-refractivity contribution in [1.82, 2.24) is 0 Å². The van der Waals surface area contributed by atoms with Crippen LogP contribution in [0.4, 0.5) is 0 Å². The molecule has 0 aromatic rings. The minimum absolute atomic E-state index is 1.50. The molecule has 0 aliphatic carbocycles. The molecule has 2 aliphatic heterocycles. The Morgan fingerprint density at radius 1 is 0.417 bits per heavy atom. The number of hydrogen-bond donors (Lipinski definition) is 0. The van der Waals surface area contributed by atoms with Crippen molar-refractivity contribution in [2.24, 2.45) is 0 Å². The minimum Gasteiger partial charge on any atom is -0.324 e. The quantitative estimate of drug-likeness (QED) is 0.488. The molecule has 2 saturated heterocycles. The maximum absolute atomic E-state index is 1.50. The minimum atomic E-state index is 1.50. The van der Waals surface area contributed by atoms with Crippen molar-refractivity contribution >= 4 is 0 Å². The number of nitrogens with zero attached hydrogens (tertiary/aromatic N) is 1. The van der Waals surface area contributed by atoms with Gasteiger partial charge in [0.05, 0.1) is 26.2 Å². The van der Waals surface area contributed by atoms with E-state index in [2.05, 4.69) is 0 Å². The van der Waals surface area contributed by atoms with E-state index in [1.807, 2.05) is 0 Å². The highest BCUT2D eigenvalue weighted by Crippen LogP contribution is 2.24. The third-order valence-electron chi connectivity index (χ3n) is 3.78. The van der Waals surface area contributed by atoms with Crippen LogP contribution in [0.25, 0.3) is 0 Å². The zero-order chi connectivity index (χ0) is 8.28. The first-order valence-electron chi connectivity index (χ1n) is 5.76. The highest BCUT2D eigenvalue weighted by Gasteiger charge is 2.29. The van der Waals surface area contributed by atoms with E-state index in [1.54, 1.807) is 0 Å². The smallest absolute Gasteiger partial charge is 0.0786 e. The second-order valence-electron chi connectivity index (χ2n) is 4.71. The number of piperidine rings is 1. The molecule has 2 aliphatic rings. The SMILES string of the molecule is C1CCC[N+]2(CC1)CCCCC2. The van der Waals surface area contributed by atoms with Crippen molar-refractivity contribution in [3.63, 3.8) is 0 Å². The van der Waals surface area contributed by atoms with Gasteiger partial charge in [-0.05, 0) is 44.9 Å². The van der Waals surface area contributed by atoms with Crippen molar-refractivity contribution in [2.45, 2.75) is 44.9 Å². The average Bonchev–Trinajstić information content (AvgIpc) is 2.33. The maximum atomic E-state index is 1.50. The van der Waals surface area contributed by atoms with Gasteiger partial charge in [0.25, 0.3) is 0 Å². The van der Waals surface area contributed by atoms with Crippen LogP contribution in [0.1, 0.15) is 44.9 Å². The summed E-state index contributed by atoms with van der Waals surface area (Å²) in [4.78, 5) is 0. The fourth-order valence-corrected chi connectivity index (χ4v) is 2.99. The topological polar surface area (TPSA) is 0 Å². The van der Waals surface area contributed by atoms with Gasteiger partial charge in [0, 0.05) is 0 Å². The van der Waals surface area contributed by atoms with E-state index in [1.165, 1.54) is 75.6 Å². The molecule has 12 heavy (non-hydrogen) atoms. The molecule has 2 fully saturated rings. The first kappa shape index (κ1) is 8.55. The largest absolute Gasteiger partial charge is 0.324 e. The van der Waals surface area contributed by atoms with Crippen LogP contribution in [0, 0.1) is 0 Å². The number of rotatable bonds is 0. The summed E-state index contributed by atoms with van der Waals surface area (Å²) >= 11 is 0. The Balaban J connectivity index is 1.95. The Bertz CT molecular complexity index is 126. The highest BCUT2D eigenvalue weighted by atomic mass is 15.4. The molecule has 0 unspecified atom stereocenters. The van der Waals surface area contributed by atoms with Crippen molar-refractivity contribution in [2.75, 3.05) is 26.2 Å². The fraction of sp³-hybridized carbons (Fsp3) is 1.00. The van der Waals surface area contributed by atoms with Crippen LogP contribution >= 0.6 is 0 Å². The van der Waals surface area contributed by atoms with Crippen molar-refractivity contribution in [1.29, 1.82) is 0 Å². The van der Waals surface area contributed by atoms with Gasteiger partial charge in [0.15, 0.2) is 0 Å². The summed E-state index contributed by atoms with van der Waals surface area (Å²) in [5.74, 6) is 0. The molecule has 1 nitrogen and oxygen atoms in total. The monoisotopic (exact) mass is 168 g/mol. The van der Waals surface area contributed by atoms with Gasteiger partial charge in [0.2, 0.25) is 0 Å². The summed E-state index contributed by atoms with van der Waals surface area (Å²) in [5.41, 5.74) is 0. The predicted molar refractivity (Wildman–Crippen MR) is 52.0 cm³/mol. The van der Waals surface area contributed by atoms with Crippen LogP contribution in [0.3, 0.4) is 0 Å². The Morgan fingerprint density at radius 2 is 0.750 bits per heavy atom. The Labute approximate surface area is 76.3 Å². The molecule has 0 bridgehead atoms. The van der Waals surface area contributed by atoms with Gasteiger partial charge in [-0.1, -0.05) is 0 Å². The lowest BCUT2D eigenvalue weighted by atomic mass is 10.1. The van der Waals surface area contributed by atoms with E-state index >= 15 is 0 Å². The van der Waals surface area contributed by atoms with E-state index in [-0.39, 0.29) is 0 Å². The molecule has 0 aromatic heterocycles. The summed E-state index contributed by atoms with van der Waals surface area (Å²) in [7, 11) is 0. The average molecular weight is 168 g/mol. The molecular weight excluding hydrogens is 146 g/mol. The third kappa shape index (κ3) is 1.82. The first-order chi connectivity index (χ1) is 5.91. The molecule has 2 heterocycles. The number of hydrogen-bond acceptors (Lipinski definition) is 0. The fourth-order valence-electron chi connectivity index (χ4n) is 2.99. The normalized spacial score (nSPS) is 30.0. The van der Waals surface area contributed by atoms with Crippen LogP contribution in [0.5, 0.6) is 0 Å². The molecule has 1 spiro atoms. The van der Waals surface area contributed by atoms with Gasteiger partial charge >= 0.3 is 0 Å². The molecule has 0 saturated carbocycles. The molecule has 70 valence electrons. The zero-order valence-electron chi connectivity index (χ0n) is 8.23. The molecule has 0 atom stereocenters. The van der Waals surface area contributed by atoms with Crippen LogP contribution in [0.2, 0.25) is 0 Å². The van der Waals surface area contributed by atoms with E-state index in [9.17, 15) is 0 Å². The van der Waals surface area contributed by atoms with Crippen LogP contribution < -0.4 is 0 Å². The Hall–Kier alpha value is -0.0400. The Morgan fingerprint density at radius 3 is 1.17 bits per heavy atom. The van der Waals surface area contributed by atoms with E-state index in [0.29, 0.717) is 0 Å². The summed E-state index contributed by atoms with van der Waals surface area (Å²) in [6, 6.07) is 0. The molecule has 0 N–H and O–H groups in total. The molecule has 1 heteroatoms. The maximum Gasteiger partial charge on any atom is 0.0786 e. The van der Waals surface area contributed by atoms with Gasteiger partial charge < -0.3 is 4.48 Å². The summed E-state index contributed by atoms with van der Waals surface area (Å²) in [6.07, 6.45) is 10.5. The molecular formula is C11H22N+. The first-order valence-corrected chi connectivity index (χ1v) is 5.76. The lowest BCUT2D eigenvalue weighted by Crippen LogP contribution is -2.51. The van der Waals surface area contributed by atoms with Crippen molar-refractivity contribution < 1.29 is 4.48 Å². The zero-order valence-corrected chi connectivity index (χ0v) is 8.23. The predicted octanol–water partition coefficient (Wildman–Crippen LogP) is 2.56. The van der Waals surface area contributed by atoms with Crippen LogP contribution in [-0.4, -0.2) is 30.7 Å². The van der Waals surface area contributed by atoms with Gasteiger partial charge in [-0.2, -0.15) is 0 Å². The number of quaternary nitrogens is 1. The summed E-state index contributed by atoms with van der Waals surface area (Å²) in [5, 5.41) is 0. The molecule has 0 radical (unpaired) electrons. The summed E-state index contributed by atoms with van der Waals surface area (Å²) < 4.78 is 1.50. The van der Waals surface area contributed by atoms with Gasteiger partial charge in [0.1, 0.15) is 0 Å². The Kier molecular flexibility index (Phi) is 2.69. The van der Waals surface area contributed by atoms with E-state index in [0.717, 1.165) is 0 Å². The molecule has 0 aromatic carbocycles. The lowest BCUT2D eigenvalue weighted by Gasteiger charge is -2.40. The molecule has 2 rings (SSSR count). The van der Waals surface area contributed by atoms with Crippen molar-refractivity contribution in [3.05, 3.63) is 0 Å². The van der Waals surface area contributed by atoms with Gasteiger partial charge in [-0.3, -0.25) is 0 Å². The van der Waals surface area contributed by atoms with Gasteiger partial charge in [-0.15, -0.1) is 0 Å². The van der Waals surface area contributed by atoms with Crippen LogP contribution in [-0.2, 0) is 0 Å². The molecule has 0 amide bonds. The lowest BCUT2D eigenvalue weighted by molar-refractivity contribution is -0.931. The highest BCUT2D eigenvalue weighted by molar-refractivity contribution is 4.58.